The number of aryl methyl sites for hydroxylation is 1. The van der Waals surface area contributed by atoms with Gasteiger partial charge in [-0.1, -0.05) is 331 Å². The average Bonchev–Trinajstić information content (AvgIpc) is 1.56. The van der Waals surface area contributed by atoms with Crippen LogP contribution >= 0.6 is 0 Å². The van der Waals surface area contributed by atoms with Crippen molar-refractivity contribution >= 4 is 121 Å². The van der Waals surface area contributed by atoms with Crippen LogP contribution in [0.25, 0.3) is 165 Å². The van der Waals surface area contributed by atoms with Gasteiger partial charge in [0.2, 0.25) is 0 Å². The highest BCUT2D eigenvalue weighted by molar-refractivity contribution is 6.23. The van der Waals surface area contributed by atoms with E-state index in [4.69, 9.17) is 0 Å². The Morgan fingerprint density at radius 1 is 0.187 bits per heavy atom. The first-order valence-corrected chi connectivity index (χ1v) is 43.0. The molecular formula is C119H86N4. The van der Waals surface area contributed by atoms with Crippen molar-refractivity contribution in [1.29, 1.82) is 0 Å². The fraction of sp³-hybridized carbons (Fsp3) is 0.0588. The van der Waals surface area contributed by atoms with Crippen molar-refractivity contribution in [3.63, 3.8) is 0 Å². The second kappa shape index (κ2) is 29.0. The van der Waals surface area contributed by atoms with E-state index in [1.165, 1.54) is 181 Å². The van der Waals surface area contributed by atoms with Crippen molar-refractivity contribution in [1.82, 2.24) is 9.13 Å². The Morgan fingerprint density at radius 2 is 0.439 bits per heavy atom. The molecule has 0 radical (unpaired) electrons. The number of rotatable bonds is 12. The Hall–Kier alpha value is -15.4. The Bertz CT molecular complexity index is 7810. The quantitative estimate of drug-likeness (QED) is 0.113. The van der Waals surface area contributed by atoms with Crippen LogP contribution in [0.4, 0.5) is 34.1 Å². The summed E-state index contributed by atoms with van der Waals surface area (Å²) in [7, 11) is 0. The minimum absolute atomic E-state index is 0.227. The number of hydrogen-bond donors (Lipinski definition) is 0. The molecule has 0 saturated carbocycles. The molecule has 4 nitrogen and oxygen atoms in total. The lowest BCUT2D eigenvalue weighted by molar-refractivity contribution is 0.660. The van der Waals surface area contributed by atoms with Crippen LogP contribution in [0.5, 0.6) is 0 Å². The minimum Gasteiger partial charge on any atom is -0.310 e. The SMILES string of the molecule is CC1(C)c2cc(-c3c4ccccc4c(-c4ccccc4)c4ccccc34)ccc2-c2ccc(N(c3ccccc3)c3ccc(-n4c5ccccc5c5ccccc54)cc3)cc21.Cc1ccc2c(-c3ccc4c(c3)C(C)(C)c3cc(N(c5ccccc5)c5ccc(-n6c7ccccc7c7ccccc76)cc5)ccc3-4)c3ccccc3c(-c3ccccc3)c2c1. The minimum atomic E-state index is -0.231. The summed E-state index contributed by atoms with van der Waals surface area (Å²) in [5.41, 5.74) is 35.5. The normalized spacial score (nSPS) is 12.9. The summed E-state index contributed by atoms with van der Waals surface area (Å²) < 4.78 is 4.77. The molecule has 0 N–H and O–H groups in total. The van der Waals surface area contributed by atoms with Crippen LogP contribution in [0.1, 0.15) is 55.5 Å². The van der Waals surface area contributed by atoms with E-state index >= 15 is 0 Å². The summed E-state index contributed by atoms with van der Waals surface area (Å²) in [4.78, 5) is 4.79. The fourth-order valence-corrected chi connectivity index (χ4v) is 20.9. The van der Waals surface area contributed by atoms with Crippen LogP contribution in [-0.2, 0) is 10.8 Å². The molecule has 0 unspecified atom stereocenters. The molecule has 22 aromatic rings. The zero-order valence-corrected chi connectivity index (χ0v) is 69.3. The van der Waals surface area contributed by atoms with E-state index in [0.717, 1.165) is 45.5 Å². The molecule has 0 saturated heterocycles. The molecule has 2 heterocycles. The summed E-state index contributed by atoms with van der Waals surface area (Å²) in [6, 6.07) is 159. The number of para-hydroxylation sites is 6. The van der Waals surface area contributed by atoms with Gasteiger partial charge in [-0.3, -0.25) is 0 Å². The van der Waals surface area contributed by atoms with Crippen molar-refractivity contribution in [2.24, 2.45) is 0 Å². The van der Waals surface area contributed by atoms with Gasteiger partial charge in [0, 0.05) is 77.9 Å². The topological polar surface area (TPSA) is 16.3 Å². The van der Waals surface area contributed by atoms with E-state index in [-0.39, 0.29) is 10.8 Å². The predicted octanol–water partition coefficient (Wildman–Crippen LogP) is 32.7. The van der Waals surface area contributed by atoms with Crippen LogP contribution in [0.15, 0.2) is 431 Å². The Morgan fingerprint density at radius 3 is 0.780 bits per heavy atom. The lowest BCUT2D eigenvalue weighted by Gasteiger charge is -2.28. The van der Waals surface area contributed by atoms with E-state index in [2.05, 4.69) is 484 Å². The Balaban J connectivity index is 0.000000142. The first kappa shape index (κ1) is 72.8. The number of aromatic nitrogens is 2. The molecule has 582 valence electrons. The first-order chi connectivity index (χ1) is 60.5. The van der Waals surface area contributed by atoms with Gasteiger partial charge in [-0.2, -0.15) is 0 Å². The molecule has 0 aliphatic heterocycles. The molecule has 2 aliphatic carbocycles. The molecule has 4 heteroatoms. The highest BCUT2D eigenvalue weighted by Crippen LogP contribution is 2.56. The molecule has 0 bridgehead atoms. The van der Waals surface area contributed by atoms with Crippen molar-refractivity contribution in [3.05, 3.63) is 459 Å². The van der Waals surface area contributed by atoms with Crippen LogP contribution < -0.4 is 9.80 Å². The predicted molar refractivity (Wildman–Crippen MR) is 523 cm³/mol. The summed E-state index contributed by atoms with van der Waals surface area (Å²) in [5.74, 6) is 0. The van der Waals surface area contributed by atoms with Gasteiger partial charge in [0.1, 0.15) is 0 Å². The Labute approximate surface area is 717 Å². The van der Waals surface area contributed by atoms with Crippen molar-refractivity contribution in [3.8, 4) is 78.1 Å². The average molecular weight is 1570 g/mol. The van der Waals surface area contributed by atoms with Crippen LogP contribution in [0.3, 0.4) is 0 Å². The van der Waals surface area contributed by atoms with Crippen molar-refractivity contribution < 1.29 is 0 Å². The fourth-order valence-electron chi connectivity index (χ4n) is 20.9. The van der Waals surface area contributed by atoms with Gasteiger partial charge >= 0.3 is 0 Å². The van der Waals surface area contributed by atoms with Gasteiger partial charge in [0.05, 0.1) is 22.1 Å². The zero-order valence-electron chi connectivity index (χ0n) is 69.3. The van der Waals surface area contributed by atoms with E-state index in [1.54, 1.807) is 0 Å². The smallest absolute Gasteiger partial charge is 0.0541 e. The van der Waals surface area contributed by atoms with Gasteiger partial charge in [0.25, 0.3) is 0 Å². The molecule has 2 aliphatic rings. The standard InChI is InChI=1S/C60H44N2.C59H42N2/c1-39-26-33-52-53(36-39)58(40-16-6-4-7-17-40)50-22-10-11-23-51(50)59(52)41-27-34-46-47-35-32-45(38-55(47)60(2,3)54(46)37-41)61(42-18-8-5-9-19-42)43-28-30-44(31-29-43)62-56-24-14-12-20-48(56)49-21-13-15-25-57(49)62;1-59(2)53-37-40(58-51-25-11-9-23-49(51)57(39-17-5-3-6-18-39)50-24-10-12-26-52(50)58)29-35-45(53)46-36-34-44(38-54(46)59)60(41-19-7-4-8-20-41)42-30-32-43(33-31-42)61-55-27-15-13-21-47(55)48-22-14-16-28-56(48)61/h4-38H,1-3H3;3-38H,1-2H3. The summed E-state index contributed by atoms with van der Waals surface area (Å²) in [6.45, 7) is 11.8. The zero-order chi connectivity index (χ0) is 82.2. The maximum Gasteiger partial charge on any atom is 0.0541 e. The number of fused-ring (bicyclic) bond motifs is 16. The highest BCUT2D eigenvalue weighted by Gasteiger charge is 2.39. The van der Waals surface area contributed by atoms with Gasteiger partial charge in [-0.05, 0) is 272 Å². The molecule has 0 amide bonds. The molecule has 123 heavy (non-hydrogen) atoms. The van der Waals surface area contributed by atoms with Gasteiger partial charge in [0.15, 0.2) is 0 Å². The van der Waals surface area contributed by atoms with E-state index < -0.39 is 0 Å². The first-order valence-electron chi connectivity index (χ1n) is 43.0. The Kier molecular flexibility index (Phi) is 17.2. The van der Waals surface area contributed by atoms with Crippen molar-refractivity contribution in [2.45, 2.75) is 45.4 Å². The number of anilines is 6. The summed E-state index contributed by atoms with van der Waals surface area (Å²) >= 11 is 0. The molecular weight excluding hydrogens is 1490 g/mol. The van der Waals surface area contributed by atoms with Crippen LogP contribution in [-0.4, -0.2) is 9.13 Å². The second-order valence-corrected chi connectivity index (χ2v) is 34.3. The molecule has 0 fully saturated rings. The van der Waals surface area contributed by atoms with Crippen LogP contribution in [0, 0.1) is 6.92 Å². The number of nitrogens with zero attached hydrogens (tertiary/aromatic N) is 4. The third-order valence-corrected chi connectivity index (χ3v) is 26.6. The monoisotopic (exact) mass is 1570 g/mol. The second-order valence-electron chi connectivity index (χ2n) is 34.3. The van der Waals surface area contributed by atoms with E-state index in [9.17, 15) is 0 Å². The third kappa shape index (κ3) is 11.8. The van der Waals surface area contributed by atoms with E-state index in [0.29, 0.717) is 0 Å². The maximum atomic E-state index is 2.49. The molecule has 20 aromatic carbocycles. The molecule has 0 atom stereocenters. The third-order valence-electron chi connectivity index (χ3n) is 26.6. The highest BCUT2D eigenvalue weighted by atomic mass is 15.2. The van der Waals surface area contributed by atoms with E-state index in [1.807, 2.05) is 0 Å². The summed E-state index contributed by atoms with van der Waals surface area (Å²) in [5, 5.41) is 15.3. The molecule has 24 rings (SSSR count). The summed E-state index contributed by atoms with van der Waals surface area (Å²) in [6.07, 6.45) is 0. The van der Waals surface area contributed by atoms with Gasteiger partial charge < -0.3 is 18.9 Å². The molecule has 2 aromatic heterocycles. The lowest BCUT2D eigenvalue weighted by atomic mass is 9.80. The van der Waals surface area contributed by atoms with Crippen LogP contribution in [0.2, 0.25) is 0 Å². The van der Waals surface area contributed by atoms with Gasteiger partial charge in [-0.25, -0.2) is 0 Å². The number of benzene rings is 20. The largest absolute Gasteiger partial charge is 0.310 e. The van der Waals surface area contributed by atoms with Gasteiger partial charge in [-0.15, -0.1) is 0 Å². The van der Waals surface area contributed by atoms with Crippen molar-refractivity contribution in [2.75, 3.05) is 9.80 Å². The lowest BCUT2D eigenvalue weighted by Crippen LogP contribution is -2.16. The maximum absolute atomic E-state index is 2.49. The number of hydrogen-bond acceptors (Lipinski definition) is 2. The molecule has 0 spiro atoms.